The average Bonchev–Trinajstić information content (AvgIpc) is 2.64. The zero-order chi connectivity index (χ0) is 19.4. The summed E-state index contributed by atoms with van der Waals surface area (Å²) < 4.78 is 48.1. The van der Waals surface area contributed by atoms with E-state index in [1.54, 1.807) is 0 Å². The van der Waals surface area contributed by atoms with E-state index in [1.807, 2.05) is 0 Å². The molecule has 0 spiro atoms. The van der Waals surface area contributed by atoms with Crippen LogP contribution in [0.25, 0.3) is 0 Å². The lowest BCUT2D eigenvalue weighted by Crippen LogP contribution is -2.44. The van der Waals surface area contributed by atoms with Crippen LogP contribution in [0, 0.1) is 23.7 Å². The van der Waals surface area contributed by atoms with E-state index >= 15 is 0 Å². The molecule has 3 aliphatic rings. The minimum Gasteiger partial charge on any atom is -0.462 e. The molecule has 0 radical (unpaired) electrons. The first-order chi connectivity index (χ1) is 13.0. The Morgan fingerprint density at radius 3 is 2.00 bits per heavy atom. The normalized spacial score (nSPS) is 43.3. The summed E-state index contributed by atoms with van der Waals surface area (Å²) in [5.41, 5.74) is 0. The highest BCUT2D eigenvalue weighted by Gasteiger charge is 2.46. The van der Waals surface area contributed by atoms with Crippen LogP contribution in [0.2, 0.25) is 0 Å². The smallest absolute Gasteiger partial charge is 0.315 e. The zero-order valence-corrected chi connectivity index (χ0v) is 16.6. The molecule has 156 valence electrons. The molecule has 3 fully saturated rings. The highest BCUT2D eigenvalue weighted by Crippen LogP contribution is 2.44. The number of hydrogen-bond acceptors (Lipinski definition) is 2. The van der Waals surface area contributed by atoms with Gasteiger partial charge in [0, 0.05) is 0 Å². The first kappa shape index (κ1) is 21.0. The molecular weight excluding hydrogens is 353 g/mol. The summed E-state index contributed by atoms with van der Waals surface area (Å²) in [5.74, 6) is -0.822. The number of esters is 1. The van der Waals surface area contributed by atoms with Gasteiger partial charge in [-0.1, -0.05) is 32.6 Å². The molecule has 3 rings (SSSR count). The summed E-state index contributed by atoms with van der Waals surface area (Å²) in [6.45, 7) is 2.21. The summed E-state index contributed by atoms with van der Waals surface area (Å²) in [5, 5.41) is 0. The molecule has 3 aliphatic carbocycles. The third-order valence-corrected chi connectivity index (χ3v) is 7.25. The predicted octanol–water partition coefficient (Wildman–Crippen LogP) is 6.12. The number of rotatable bonds is 5. The van der Waals surface area contributed by atoms with E-state index in [2.05, 4.69) is 6.92 Å². The molecule has 0 saturated heterocycles. The van der Waals surface area contributed by atoms with Crippen molar-refractivity contribution in [3.05, 3.63) is 0 Å². The average molecular weight is 389 g/mol. The second kappa shape index (κ2) is 9.65. The summed E-state index contributed by atoms with van der Waals surface area (Å²) in [6.07, 6.45) is 4.99. The Kier molecular flexibility index (Phi) is 7.49. The van der Waals surface area contributed by atoms with E-state index in [-0.39, 0.29) is 24.9 Å². The summed E-state index contributed by atoms with van der Waals surface area (Å²) in [6, 6.07) is 0. The third kappa shape index (κ3) is 5.41. The van der Waals surface area contributed by atoms with Crippen molar-refractivity contribution < 1.29 is 22.7 Å². The fourth-order valence-electron chi connectivity index (χ4n) is 5.61. The van der Waals surface area contributed by atoms with E-state index in [0.717, 1.165) is 18.8 Å². The van der Waals surface area contributed by atoms with Gasteiger partial charge >= 0.3 is 5.97 Å². The second-order valence-electron chi connectivity index (χ2n) is 9.17. The van der Waals surface area contributed by atoms with Gasteiger partial charge in [0.1, 0.15) is 30.5 Å². The van der Waals surface area contributed by atoms with E-state index in [1.165, 1.54) is 25.7 Å². The number of halogens is 3. The largest absolute Gasteiger partial charge is 0.462 e. The number of hydrogen-bond donors (Lipinski definition) is 0. The fourth-order valence-corrected chi connectivity index (χ4v) is 5.61. The molecule has 2 nitrogen and oxygen atoms in total. The van der Waals surface area contributed by atoms with E-state index in [9.17, 15) is 18.0 Å². The van der Waals surface area contributed by atoms with Gasteiger partial charge in [0.2, 0.25) is 0 Å². The van der Waals surface area contributed by atoms with Crippen LogP contribution in [0.5, 0.6) is 0 Å². The van der Waals surface area contributed by atoms with E-state index < -0.39 is 30.4 Å². The molecule has 0 heterocycles. The lowest BCUT2D eigenvalue weighted by atomic mass is 9.67. The van der Waals surface area contributed by atoms with Crippen molar-refractivity contribution in [2.45, 2.75) is 109 Å². The number of ether oxygens (including phenoxy) is 1. The van der Waals surface area contributed by atoms with Crippen LogP contribution in [0.3, 0.4) is 0 Å². The van der Waals surface area contributed by atoms with Crippen LogP contribution < -0.4 is 0 Å². The molecule has 0 amide bonds. The van der Waals surface area contributed by atoms with E-state index in [4.69, 9.17) is 4.74 Å². The summed E-state index contributed by atoms with van der Waals surface area (Å²) in [7, 11) is 0. The molecule has 0 aromatic heterocycles. The molecule has 2 unspecified atom stereocenters. The number of alkyl halides is 3. The SMILES string of the molecule is CCCC1CCC(C2CC(F)C(C(=O)OC3CCC(F)CC3)C(F)C2)CC1. The van der Waals surface area contributed by atoms with Crippen molar-refractivity contribution in [2.75, 3.05) is 0 Å². The Morgan fingerprint density at radius 2 is 1.44 bits per heavy atom. The van der Waals surface area contributed by atoms with Crippen molar-refractivity contribution in [1.82, 2.24) is 0 Å². The maximum absolute atomic E-state index is 14.8. The first-order valence-corrected chi connectivity index (χ1v) is 11.1. The molecule has 27 heavy (non-hydrogen) atoms. The Balaban J connectivity index is 1.49. The number of carbonyl (C=O) groups is 1. The molecule has 5 heteroatoms. The summed E-state index contributed by atoms with van der Waals surface area (Å²) >= 11 is 0. The molecule has 0 aromatic rings. The summed E-state index contributed by atoms with van der Waals surface area (Å²) in [4.78, 5) is 12.4. The second-order valence-corrected chi connectivity index (χ2v) is 9.17. The molecule has 0 bridgehead atoms. The maximum Gasteiger partial charge on any atom is 0.315 e. The molecule has 0 N–H and O–H groups in total. The van der Waals surface area contributed by atoms with Gasteiger partial charge in [-0.05, 0) is 69.1 Å². The van der Waals surface area contributed by atoms with Crippen LogP contribution in [0.1, 0.15) is 84.0 Å². The van der Waals surface area contributed by atoms with Crippen LogP contribution in [0.15, 0.2) is 0 Å². The van der Waals surface area contributed by atoms with Crippen LogP contribution >= 0.6 is 0 Å². The topological polar surface area (TPSA) is 26.3 Å². The van der Waals surface area contributed by atoms with Gasteiger partial charge in [0.05, 0.1) is 0 Å². The van der Waals surface area contributed by atoms with Gasteiger partial charge in [0.15, 0.2) is 0 Å². The monoisotopic (exact) mass is 388 g/mol. The third-order valence-electron chi connectivity index (χ3n) is 7.25. The van der Waals surface area contributed by atoms with Crippen molar-refractivity contribution in [1.29, 1.82) is 0 Å². The van der Waals surface area contributed by atoms with Gasteiger partial charge < -0.3 is 4.74 Å². The lowest BCUT2D eigenvalue weighted by Gasteiger charge is -2.40. The standard InChI is InChI=1S/C22H35F3O2/c1-2-3-14-4-6-15(7-5-14)16-12-19(24)21(20(25)13-16)22(26)27-18-10-8-17(23)9-11-18/h14-21H,2-13H2,1H3. The molecule has 3 saturated carbocycles. The Hall–Kier alpha value is -0.740. The van der Waals surface area contributed by atoms with Gasteiger partial charge in [-0.15, -0.1) is 0 Å². The maximum atomic E-state index is 14.8. The van der Waals surface area contributed by atoms with Crippen molar-refractivity contribution >= 4 is 5.97 Å². The van der Waals surface area contributed by atoms with Crippen molar-refractivity contribution in [3.63, 3.8) is 0 Å². The van der Waals surface area contributed by atoms with Crippen LogP contribution in [-0.4, -0.2) is 30.6 Å². The highest BCUT2D eigenvalue weighted by atomic mass is 19.1. The Labute approximate surface area is 161 Å². The minimum absolute atomic E-state index is 0.0450. The lowest BCUT2D eigenvalue weighted by molar-refractivity contribution is -0.164. The first-order valence-electron chi connectivity index (χ1n) is 11.1. The molecule has 2 atom stereocenters. The highest BCUT2D eigenvalue weighted by molar-refractivity contribution is 5.74. The van der Waals surface area contributed by atoms with Gasteiger partial charge in [-0.25, -0.2) is 13.2 Å². The molecular formula is C22H35F3O2. The molecule has 0 aromatic carbocycles. The van der Waals surface area contributed by atoms with Gasteiger partial charge in [-0.3, -0.25) is 4.79 Å². The number of carbonyl (C=O) groups excluding carboxylic acids is 1. The fraction of sp³-hybridized carbons (Fsp3) is 0.955. The zero-order valence-electron chi connectivity index (χ0n) is 16.6. The van der Waals surface area contributed by atoms with Gasteiger partial charge in [0.25, 0.3) is 0 Å². The van der Waals surface area contributed by atoms with Crippen molar-refractivity contribution in [3.8, 4) is 0 Å². The van der Waals surface area contributed by atoms with Gasteiger partial charge in [-0.2, -0.15) is 0 Å². The predicted molar refractivity (Wildman–Crippen MR) is 99.6 cm³/mol. The van der Waals surface area contributed by atoms with Crippen LogP contribution in [0.4, 0.5) is 13.2 Å². The van der Waals surface area contributed by atoms with Crippen LogP contribution in [-0.2, 0) is 9.53 Å². The van der Waals surface area contributed by atoms with Crippen molar-refractivity contribution in [2.24, 2.45) is 23.7 Å². The van der Waals surface area contributed by atoms with E-state index in [0.29, 0.717) is 31.6 Å². The Bertz CT molecular complexity index is 458. The molecule has 0 aliphatic heterocycles. The Morgan fingerprint density at radius 1 is 0.852 bits per heavy atom. The minimum atomic E-state index is -1.46. The quantitative estimate of drug-likeness (QED) is 0.530.